The molecule has 0 saturated carbocycles. The molecule has 4 nitrogen and oxygen atoms in total. The number of rotatable bonds is 4. The lowest BCUT2D eigenvalue weighted by molar-refractivity contribution is -0.0754. The van der Waals surface area contributed by atoms with Crippen molar-refractivity contribution in [2.24, 2.45) is 0 Å². The zero-order chi connectivity index (χ0) is 18.6. The lowest BCUT2D eigenvalue weighted by Crippen LogP contribution is -2.45. The highest BCUT2D eigenvalue weighted by atomic mass is 19.3. The van der Waals surface area contributed by atoms with Gasteiger partial charge in [-0.05, 0) is 11.1 Å². The van der Waals surface area contributed by atoms with Crippen LogP contribution in [0.3, 0.4) is 0 Å². The van der Waals surface area contributed by atoms with Crippen LogP contribution in [-0.2, 0) is 11.3 Å². The van der Waals surface area contributed by atoms with E-state index in [2.05, 4.69) is 0 Å². The molecule has 2 aromatic carbocycles. The summed E-state index contributed by atoms with van der Waals surface area (Å²) >= 11 is 0. The minimum Gasteiger partial charge on any atom is -0.445 e. The van der Waals surface area contributed by atoms with E-state index in [1.807, 2.05) is 30.3 Å². The van der Waals surface area contributed by atoms with Gasteiger partial charge in [-0.15, -0.1) is 0 Å². The third-order valence-electron chi connectivity index (χ3n) is 4.51. The van der Waals surface area contributed by atoms with E-state index in [-0.39, 0.29) is 13.2 Å². The predicted molar refractivity (Wildman–Crippen MR) is 92.1 cm³/mol. The van der Waals surface area contributed by atoms with Crippen LogP contribution in [0, 0.1) is 0 Å². The summed E-state index contributed by atoms with van der Waals surface area (Å²) in [6, 6.07) is 14.7. The molecule has 6 heteroatoms. The summed E-state index contributed by atoms with van der Waals surface area (Å²) in [6.07, 6.45) is -0.990. The fourth-order valence-corrected chi connectivity index (χ4v) is 3.16. The molecule has 136 valence electrons. The molecule has 1 saturated heterocycles. The second-order valence-corrected chi connectivity index (χ2v) is 6.31. The Kier molecular flexibility index (Phi) is 5.30. The third kappa shape index (κ3) is 4.07. The van der Waals surface area contributed by atoms with E-state index >= 15 is 0 Å². The van der Waals surface area contributed by atoms with Crippen molar-refractivity contribution < 1.29 is 23.1 Å². The average molecular weight is 359 g/mol. The fraction of sp³-hybridized carbons (Fsp3) is 0.300. The van der Waals surface area contributed by atoms with Crippen LogP contribution in [0.1, 0.15) is 40.4 Å². The molecule has 0 aromatic heterocycles. The van der Waals surface area contributed by atoms with Gasteiger partial charge < -0.3 is 9.64 Å². The Morgan fingerprint density at radius 1 is 1.15 bits per heavy atom. The number of piperidine rings is 1. The van der Waals surface area contributed by atoms with Crippen LogP contribution in [-0.4, -0.2) is 29.7 Å². The van der Waals surface area contributed by atoms with Gasteiger partial charge in [0.15, 0.2) is 0 Å². The Morgan fingerprint density at radius 2 is 1.85 bits per heavy atom. The number of benzene rings is 2. The van der Waals surface area contributed by atoms with Crippen LogP contribution in [0.15, 0.2) is 54.6 Å². The number of ether oxygens (including phenoxy) is 1. The van der Waals surface area contributed by atoms with E-state index < -0.39 is 30.9 Å². The molecule has 0 spiro atoms. The normalized spacial score (nSPS) is 19.0. The number of nitrogens with zero attached hydrogens (tertiary/aromatic N) is 1. The SMILES string of the molecule is O=Cc1ccccc1C1CC(F)(F)CCN1C(=O)OCc1ccccc1. The molecule has 2 aromatic rings. The molecule has 1 aliphatic rings. The first-order valence-corrected chi connectivity index (χ1v) is 8.39. The first-order valence-electron chi connectivity index (χ1n) is 8.39. The number of halogens is 2. The van der Waals surface area contributed by atoms with Crippen LogP contribution in [0.25, 0.3) is 0 Å². The van der Waals surface area contributed by atoms with Crippen molar-refractivity contribution >= 4 is 12.4 Å². The average Bonchev–Trinajstić information content (AvgIpc) is 2.66. The van der Waals surface area contributed by atoms with Gasteiger partial charge in [-0.25, -0.2) is 13.6 Å². The maximum atomic E-state index is 14.0. The van der Waals surface area contributed by atoms with Crippen LogP contribution in [0.2, 0.25) is 0 Å². The number of aldehydes is 1. The molecule has 1 atom stereocenters. The third-order valence-corrected chi connectivity index (χ3v) is 4.51. The first-order chi connectivity index (χ1) is 12.5. The van der Waals surface area contributed by atoms with Crippen LogP contribution < -0.4 is 0 Å². The zero-order valence-corrected chi connectivity index (χ0v) is 14.1. The summed E-state index contributed by atoms with van der Waals surface area (Å²) in [4.78, 5) is 25.1. The van der Waals surface area contributed by atoms with Gasteiger partial charge >= 0.3 is 6.09 Å². The van der Waals surface area contributed by atoms with E-state index in [1.54, 1.807) is 24.3 Å². The van der Waals surface area contributed by atoms with Gasteiger partial charge in [-0.2, -0.15) is 0 Å². The van der Waals surface area contributed by atoms with Crippen molar-refractivity contribution in [3.8, 4) is 0 Å². The Bertz CT molecular complexity index is 780. The van der Waals surface area contributed by atoms with Gasteiger partial charge in [-0.1, -0.05) is 54.6 Å². The summed E-state index contributed by atoms with van der Waals surface area (Å²) < 4.78 is 33.3. The van der Waals surface area contributed by atoms with Gasteiger partial charge in [0.2, 0.25) is 0 Å². The van der Waals surface area contributed by atoms with Gasteiger partial charge in [-0.3, -0.25) is 4.79 Å². The standard InChI is InChI=1S/C20H19F2NO3/c21-20(22)10-11-23(19(25)26-14-15-6-2-1-3-7-15)18(12-20)17-9-5-4-8-16(17)13-24/h1-9,13,18H,10-12,14H2. The fourth-order valence-electron chi connectivity index (χ4n) is 3.16. The summed E-state index contributed by atoms with van der Waals surface area (Å²) in [5.41, 5.74) is 1.53. The molecule has 1 aliphatic heterocycles. The highest BCUT2D eigenvalue weighted by molar-refractivity contribution is 5.78. The molecule has 1 amide bonds. The lowest BCUT2D eigenvalue weighted by Gasteiger charge is -2.39. The number of hydrogen-bond acceptors (Lipinski definition) is 3. The number of likely N-dealkylation sites (tertiary alicyclic amines) is 1. The Morgan fingerprint density at radius 3 is 2.58 bits per heavy atom. The zero-order valence-electron chi connectivity index (χ0n) is 14.1. The number of alkyl halides is 2. The van der Waals surface area contributed by atoms with E-state index in [0.29, 0.717) is 17.4 Å². The molecule has 0 aliphatic carbocycles. The van der Waals surface area contributed by atoms with E-state index in [0.717, 1.165) is 5.56 Å². The summed E-state index contributed by atoms with van der Waals surface area (Å²) in [5, 5.41) is 0. The molecular formula is C20H19F2NO3. The van der Waals surface area contributed by atoms with E-state index in [1.165, 1.54) is 4.90 Å². The van der Waals surface area contributed by atoms with Crippen molar-refractivity contribution in [1.82, 2.24) is 4.90 Å². The molecule has 0 radical (unpaired) electrons. The second kappa shape index (κ2) is 7.64. The van der Waals surface area contributed by atoms with Crippen molar-refractivity contribution in [3.05, 3.63) is 71.3 Å². The van der Waals surface area contributed by atoms with Crippen molar-refractivity contribution in [3.63, 3.8) is 0 Å². The Labute approximate surface area is 150 Å². The molecule has 26 heavy (non-hydrogen) atoms. The van der Waals surface area contributed by atoms with Gasteiger partial charge in [0, 0.05) is 24.9 Å². The van der Waals surface area contributed by atoms with Gasteiger partial charge in [0.1, 0.15) is 12.9 Å². The topological polar surface area (TPSA) is 46.6 Å². The number of amides is 1. The number of carbonyl (C=O) groups excluding carboxylic acids is 2. The number of carbonyl (C=O) groups is 2. The highest BCUT2D eigenvalue weighted by Crippen LogP contribution is 2.40. The van der Waals surface area contributed by atoms with Crippen molar-refractivity contribution in [2.45, 2.75) is 31.4 Å². The quantitative estimate of drug-likeness (QED) is 0.749. The lowest BCUT2D eigenvalue weighted by atomic mass is 9.90. The van der Waals surface area contributed by atoms with Gasteiger partial charge in [0.25, 0.3) is 5.92 Å². The van der Waals surface area contributed by atoms with Crippen molar-refractivity contribution in [2.75, 3.05) is 6.54 Å². The Hall–Kier alpha value is -2.76. The second-order valence-electron chi connectivity index (χ2n) is 6.31. The minimum atomic E-state index is -2.89. The predicted octanol–water partition coefficient (Wildman–Crippen LogP) is 4.61. The maximum absolute atomic E-state index is 14.0. The monoisotopic (exact) mass is 359 g/mol. The molecular weight excluding hydrogens is 340 g/mol. The van der Waals surface area contributed by atoms with Crippen molar-refractivity contribution in [1.29, 1.82) is 0 Å². The highest BCUT2D eigenvalue weighted by Gasteiger charge is 2.43. The number of hydrogen-bond donors (Lipinski definition) is 0. The molecule has 3 rings (SSSR count). The maximum Gasteiger partial charge on any atom is 0.410 e. The molecule has 0 bridgehead atoms. The van der Waals surface area contributed by atoms with Crippen LogP contribution >= 0.6 is 0 Å². The van der Waals surface area contributed by atoms with E-state index in [4.69, 9.17) is 4.74 Å². The molecule has 1 unspecified atom stereocenters. The minimum absolute atomic E-state index is 0.0641. The summed E-state index contributed by atoms with van der Waals surface area (Å²) in [5.74, 6) is -2.89. The first kappa shape index (κ1) is 18.0. The largest absolute Gasteiger partial charge is 0.445 e. The van der Waals surface area contributed by atoms with E-state index in [9.17, 15) is 18.4 Å². The summed E-state index contributed by atoms with van der Waals surface area (Å²) in [6.45, 7) is -0.0624. The molecule has 0 N–H and O–H groups in total. The molecule has 1 heterocycles. The Balaban J connectivity index is 1.81. The van der Waals surface area contributed by atoms with Gasteiger partial charge in [0.05, 0.1) is 6.04 Å². The molecule has 1 fully saturated rings. The van der Waals surface area contributed by atoms with Crippen LogP contribution in [0.5, 0.6) is 0 Å². The van der Waals surface area contributed by atoms with Crippen LogP contribution in [0.4, 0.5) is 13.6 Å². The smallest absolute Gasteiger partial charge is 0.410 e. The summed E-state index contributed by atoms with van der Waals surface area (Å²) in [7, 11) is 0.